The number of rotatable bonds is 8. The highest BCUT2D eigenvalue weighted by molar-refractivity contribution is 5.98. The molecule has 10 rings (SSSR count). The first-order chi connectivity index (χ1) is 28.7. The Morgan fingerprint density at radius 1 is 0.207 bits per heavy atom. The van der Waals surface area contributed by atoms with Crippen molar-refractivity contribution in [3.63, 3.8) is 0 Å². The van der Waals surface area contributed by atoms with E-state index in [-0.39, 0.29) is 0 Å². The highest BCUT2D eigenvalue weighted by Crippen LogP contribution is 2.37. The van der Waals surface area contributed by atoms with E-state index in [4.69, 9.17) is 15.0 Å². The highest BCUT2D eigenvalue weighted by atomic mass is 15.0. The Kier molecular flexibility index (Phi) is 9.23. The van der Waals surface area contributed by atoms with Crippen LogP contribution in [0.25, 0.3) is 101 Å². The fourth-order valence-corrected chi connectivity index (χ4v) is 7.73. The molecule has 0 fully saturated rings. The second-order valence-corrected chi connectivity index (χ2v) is 14.5. The van der Waals surface area contributed by atoms with Crippen LogP contribution in [-0.2, 0) is 0 Å². The van der Waals surface area contributed by atoms with Gasteiger partial charge in [-0.1, -0.05) is 194 Å². The maximum absolute atomic E-state index is 4.92. The van der Waals surface area contributed by atoms with Crippen LogP contribution in [0.2, 0.25) is 0 Å². The van der Waals surface area contributed by atoms with Crippen LogP contribution < -0.4 is 0 Å². The van der Waals surface area contributed by atoms with E-state index in [1.807, 2.05) is 60.7 Å². The van der Waals surface area contributed by atoms with Crippen LogP contribution in [0.5, 0.6) is 0 Å². The number of nitrogens with zero attached hydrogens (tertiary/aromatic N) is 3. The van der Waals surface area contributed by atoms with E-state index < -0.39 is 0 Å². The van der Waals surface area contributed by atoms with Crippen molar-refractivity contribution in [2.45, 2.75) is 0 Å². The summed E-state index contributed by atoms with van der Waals surface area (Å²) in [5, 5.41) is 2.49. The molecule has 0 bridgehead atoms. The number of hydrogen-bond acceptors (Lipinski definition) is 3. The molecule has 0 saturated heterocycles. The molecule has 10 aromatic rings. The maximum Gasteiger partial charge on any atom is 0.164 e. The Bertz CT molecular complexity index is 2970. The molecule has 1 heterocycles. The van der Waals surface area contributed by atoms with Crippen molar-refractivity contribution < 1.29 is 0 Å². The summed E-state index contributed by atoms with van der Waals surface area (Å²) >= 11 is 0. The summed E-state index contributed by atoms with van der Waals surface area (Å²) in [6.07, 6.45) is 0. The molecule has 0 saturated carbocycles. The van der Waals surface area contributed by atoms with Gasteiger partial charge in [0, 0.05) is 16.7 Å². The third-order valence-electron chi connectivity index (χ3n) is 10.7. The molecule has 0 atom stereocenters. The third-order valence-corrected chi connectivity index (χ3v) is 10.7. The molecule has 0 unspecified atom stereocenters. The molecule has 0 amide bonds. The number of aromatic nitrogens is 3. The monoisotopic (exact) mass is 739 g/mol. The summed E-state index contributed by atoms with van der Waals surface area (Å²) in [6.45, 7) is 0. The van der Waals surface area contributed by atoms with Gasteiger partial charge in [-0.15, -0.1) is 0 Å². The smallest absolute Gasteiger partial charge is 0.164 e. The largest absolute Gasteiger partial charge is 0.208 e. The summed E-state index contributed by atoms with van der Waals surface area (Å²) < 4.78 is 0. The normalized spacial score (nSPS) is 11.1. The van der Waals surface area contributed by atoms with Crippen molar-refractivity contribution >= 4 is 10.8 Å². The Labute approximate surface area is 338 Å². The van der Waals surface area contributed by atoms with Gasteiger partial charge in [-0.25, -0.2) is 15.0 Å². The number of fused-ring (bicyclic) bond motifs is 1. The Morgan fingerprint density at radius 2 is 0.534 bits per heavy atom. The minimum atomic E-state index is 0.643. The molecule has 0 N–H and O–H groups in total. The van der Waals surface area contributed by atoms with Crippen LogP contribution in [0.15, 0.2) is 224 Å². The van der Waals surface area contributed by atoms with E-state index in [2.05, 4.69) is 164 Å². The zero-order chi connectivity index (χ0) is 38.7. The predicted molar refractivity (Wildman–Crippen MR) is 241 cm³/mol. The van der Waals surface area contributed by atoms with Gasteiger partial charge in [-0.2, -0.15) is 0 Å². The average Bonchev–Trinajstić information content (AvgIpc) is 3.32. The van der Waals surface area contributed by atoms with E-state index in [9.17, 15) is 0 Å². The van der Waals surface area contributed by atoms with Gasteiger partial charge in [-0.3, -0.25) is 0 Å². The summed E-state index contributed by atoms with van der Waals surface area (Å²) in [6, 6.07) is 79.2. The standard InChI is InChI=1S/C55H37N3/c1-4-15-38(16-5-1)48-35-49(37-50(36-48)52-28-14-22-40-17-10-11-27-51(40)52)47-26-13-25-46(34-47)45-24-12-23-44(33-45)39-29-31-43(32-30-39)55-57-53(41-18-6-2-7-19-41)56-54(58-55)42-20-8-3-9-21-42/h1-37H. The number of hydrogen-bond donors (Lipinski definition) is 0. The SMILES string of the molecule is c1ccc(-c2cc(-c3cccc(-c4cccc(-c5ccc(-c6nc(-c7ccccc7)nc(-c7ccccc7)n6)cc5)c4)c3)cc(-c3cccc4ccccc34)c2)cc1. The molecular weight excluding hydrogens is 703 g/mol. The molecule has 0 aliphatic carbocycles. The van der Waals surface area contributed by atoms with Crippen LogP contribution in [0.3, 0.4) is 0 Å². The van der Waals surface area contributed by atoms with Crippen LogP contribution in [0.4, 0.5) is 0 Å². The first-order valence-electron chi connectivity index (χ1n) is 19.6. The van der Waals surface area contributed by atoms with E-state index in [1.165, 1.54) is 49.7 Å². The molecule has 0 spiro atoms. The number of benzene rings is 9. The van der Waals surface area contributed by atoms with Gasteiger partial charge < -0.3 is 0 Å². The lowest BCUT2D eigenvalue weighted by molar-refractivity contribution is 1.07. The second kappa shape index (κ2) is 15.4. The molecule has 3 nitrogen and oxygen atoms in total. The molecule has 0 aliphatic heterocycles. The zero-order valence-corrected chi connectivity index (χ0v) is 31.7. The minimum absolute atomic E-state index is 0.643. The molecule has 9 aromatic carbocycles. The molecule has 0 radical (unpaired) electrons. The van der Waals surface area contributed by atoms with Crippen molar-refractivity contribution in [3.05, 3.63) is 224 Å². The van der Waals surface area contributed by atoms with Crippen LogP contribution >= 0.6 is 0 Å². The molecule has 3 heteroatoms. The summed E-state index contributed by atoms with van der Waals surface area (Å²) in [4.78, 5) is 14.7. The topological polar surface area (TPSA) is 38.7 Å². The van der Waals surface area contributed by atoms with Gasteiger partial charge in [0.1, 0.15) is 0 Å². The van der Waals surface area contributed by atoms with Gasteiger partial charge in [-0.05, 0) is 96.7 Å². The minimum Gasteiger partial charge on any atom is -0.208 e. The van der Waals surface area contributed by atoms with Crippen molar-refractivity contribution in [1.29, 1.82) is 0 Å². The van der Waals surface area contributed by atoms with E-state index in [1.54, 1.807) is 0 Å². The van der Waals surface area contributed by atoms with Gasteiger partial charge in [0.2, 0.25) is 0 Å². The molecule has 58 heavy (non-hydrogen) atoms. The van der Waals surface area contributed by atoms with Crippen molar-refractivity contribution in [1.82, 2.24) is 15.0 Å². The van der Waals surface area contributed by atoms with Crippen molar-refractivity contribution in [2.75, 3.05) is 0 Å². The fraction of sp³-hybridized carbons (Fsp3) is 0. The Hall–Kier alpha value is -7.75. The van der Waals surface area contributed by atoms with Crippen molar-refractivity contribution in [2.24, 2.45) is 0 Å². The van der Waals surface area contributed by atoms with Gasteiger partial charge >= 0.3 is 0 Å². The molecular formula is C55H37N3. The van der Waals surface area contributed by atoms with Crippen molar-refractivity contribution in [3.8, 4) is 89.8 Å². The fourth-order valence-electron chi connectivity index (χ4n) is 7.73. The lowest BCUT2D eigenvalue weighted by Gasteiger charge is -2.14. The van der Waals surface area contributed by atoms with Gasteiger partial charge in [0.15, 0.2) is 17.5 Å². The van der Waals surface area contributed by atoms with E-state index in [0.29, 0.717) is 17.5 Å². The Balaban J connectivity index is 0.990. The average molecular weight is 740 g/mol. The Morgan fingerprint density at radius 3 is 1.10 bits per heavy atom. The summed E-state index contributed by atoms with van der Waals surface area (Å²) in [5.41, 5.74) is 14.6. The highest BCUT2D eigenvalue weighted by Gasteiger charge is 2.14. The third kappa shape index (κ3) is 7.09. The van der Waals surface area contributed by atoms with Gasteiger partial charge in [0.25, 0.3) is 0 Å². The predicted octanol–water partition coefficient (Wildman–Crippen LogP) is 14.4. The van der Waals surface area contributed by atoms with Crippen LogP contribution in [-0.4, -0.2) is 15.0 Å². The summed E-state index contributed by atoms with van der Waals surface area (Å²) in [5.74, 6) is 1.95. The van der Waals surface area contributed by atoms with Crippen LogP contribution in [0.1, 0.15) is 0 Å². The molecule has 272 valence electrons. The lowest BCUT2D eigenvalue weighted by atomic mass is 9.90. The first kappa shape index (κ1) is 34.7. The van der Waals surface area contributed by atoms with E-state index in [0.717, 1.165) is 33.4 Å². The quantitative estimate of drug-likeness (QED) is 0.156. The molecule has 1 aromatic heterocycles. The molecule has 0 aliphatic rings. The van der Waals surface area contributed by atoms with Crippen LogP contribution in [0, 0.1) is 0 Å². The lowest BCUT2D eigenvalue weighted by Crippen LogP contribution is -2.00. The van der Waals surface area contributed by atoms with E-state index >= 15 is 0 Å². The van der Waals surface area contributed by atoms with Gasteiger partial charge in [0.05, 0.1) is 0 Å². The first-order valence-corrected chi connectivity index (χ1v) is 19.6. The maximum atomic E-state index is 4.92. The second-order valence-electron chi connectivity index (χ2n) is 14.5. The zero-order valence-electron chi connectivity index (χ0n) is 31.7. The summed E-state index contributed by atoms with van der Waals surface area (Å²) in [7, 11) is 0.